The molecule has 1 heterocycles. The maximum Gasteiger partial charge on any atom is 0.104 e. The lowest BCUT2D eigenvalue weighted by Crippen LogP contribution is -1.88. The molecule has 0 aromatic carbocycles. The summed E-state index contributed by atoms with van der Waals surface area (Å²) in [5.74, 6) is 0. The molecule has 2 N–H and O–H groups in total. The number of hydrogen-bond acceptors (Lipinski definition) is 3. The molecule has 1 aliphatic heterocycles. The van der Waals surface area contributed by atoms with E-state index in [9.17, 15) is 0 Å². The van der Waals surface area contributed by atoms with Crippen molar-refractivity contribution in [3.8, 4) is 0 Å². The zero-order valence-corrected chi connectivity index (χ0v) is 4.29. The first-order valence-corrected chi connectivity index (χ1v) is 2.10. The van der Waals surface area contributed by atoms with Gasteiger partial charge >= 0.3 is 0 Å². The fourth-order valence-corrected chi connectivity index (χ4v) is 0.173. The first-order valence-electron chi connectivity index (χ1n) is 2.10. The smallest absolute Gasteiger partial charge is 0.104 e. The normalized spacial score (nSPS) is 25.3. The molecule has 1 atom stereocenters. The van der Waals surface area contributed by atoms with E-state index in [1.54, 1.807) is 0 Å². The summed E-state index contributed by atoms with van der Waals surface area (Å²) in [6.45, 7) is 0.955. The van der Waals surface area contributed by atoms with Crippen molar-refractivity contribution in [1.29, 1.82) is 0 Å². The summed E-state index contributed by atoms with van der Waals surface area (Å²) in [5.41, 5.74) is 0. The van der Waals surface area contributed by atoms with Gasteiger partial charge < -0.3 is 14.9 Å². The molecule has 0 bridgehead atoms. The number of rotatable bonds is 1. The number of hydrogen-bond donors (Lipinski definition) is 2. The van der Waals surface area contributed by atoms with E-state index in [-0.39, 0.29) is 12.7 Å². The van der Waals surface area contributed by atoms with Crippen LogP contribution in [0.25, 0.3) is 0 Å². The predicted octanol–water partition coefficient (Wildman–Crippen LogP) is -1.01. The van der Waals surface area contributed by atoms with Gasteiger partial charge in [0.15, 0.2) is 0 Å². The monoisotopic (exact) mass is 106 g/mol. The van der Waals surface area contributed by atoms with Crippen molar-refractivity contribution in [3.63, 3.8) is 0 Å². The van der Waals surface area contributed by atoms with Crippen molar-refractivity contribution in [2.24, 2.45) is 0 Å². The Hall–Kier alpha value is -0.120. The third-order valence-corrected chi connectivity index (χ3v) is 0.606. The SMILES string of the molecule is CO.OCC1CO1. The van der Waals surface area contributed by atoms with Crippen molar-refractivity contribution in [3.05, 3.63) is 0 Å². The summed E-state index contributed by atoms with van der Waals surface area (Å²) in [5, 5.41) is 15.1. The zero-order valence-electron chi connectivity index (χ0n) is 4.29. The van der Waals surface area contributed by atoms with Gasteiger partial charge in [0.1, 0.15) is 6.10 Å². The summed E-state index contributed by atoms with van der Waals surface area (Å²) >= 11 is 0. The molecule has 0 aliphatic carbocycles. The van der Waals surface area contributed by atoms with Crippen LogP contribution in [0.2, 0.25) is 0 Å². The summed E-state index contributed by atoms with van der Waals surface area (Å²) in [7, 11) is 1.00. The van der Waals surface area contributed by atoms with Gasteiger partial charge in [0.05, 0.1) is 13.2 Å². The highest BCUT2D eigenvalue weighted by Crippen LogP contribution is 2.04. The van der Waals surface area contributed by atoms with Crippen LogP contribution in [-0.4, -0.2) is 36.6 Å². The van der Waals surface area contributed by atoms with E-state index in [2.05, 4.69) is 4.74 Å². The fraction of sp³-hybridized carbons (Fsp3) is 1.00. The van der Waals surface area contributed by atoms with Gasteiger partial charge in [-0.2, -0.15) is 0 Å². The minimum atomic E-state index is 0.190. The molecular weight excluding hydrogens is 96.0 g/mol. The molecular formula is C4H10O3. The van der Waals surface area contributed by atoms with Crippen LogP contribution in [0.15, 0.2) is 0 Å². The van der Waals surface area contributed by atoms with Gasteiger partial charge in [-0.1, -0.05) is 0 Å². The largest absolute Gasteiger partial charge is 0.400 e. The van der Waals surface area contributed by atoms with Gasteiger partial charge in [0.25, 0.3) is 0 Å². The Labute approximate surface area is 42.5 Å². The van der Waals surface area contributed by atoms with E-state index >= 15 is 0 Å². The Balaban J connectivity index is 0.000000162. The average Bonchev–Trinajstić information content (AvgIpc) is 2.52. The lowest BCUT2D eigenvalue weighted by molar-refractivity contribution is 0.244. The Bertz CT molecular complexity index is 33.9. The predicted molar refractivity (Wildman–Crippen MR) is 25.0 cm³/mol. The third kappa shape index (κ3) is 3.72. The highest BCUT2D eigenvalue weighted by molar-refractivity contribution is 4.65. The number of ether oxygens (including phenoxy) is 1. The van der Waals surface area contributed by atoms with Crippen LogP contribution in [0.5, 0.6) is 0 Å². The summed E-state index contributed by atoms with van der Waals surface area (Å²) in [4.78, 5) is 0. The average molecular weight is 106 g/mol. The Morgan fingerprint density at radius 1 is 1.71 bits per heavy atom. The first-order chi connectivity index (χ1) is 3.43. The van der Waals surface area contributed by atoms with Crippen LogP contribution in [0.3, 0.4) is 0 Å². The van der Waals surface area contributed by atoms with Crippen molar-refractivity contribution >= 4 is 0 Å². The lowest BCUT2D eigenvalue weighted by atomic mass is 10.5. The van der Waals surface area contributed by atoms with E-state index in [0.29, 0.717) is 0 Å². The Kier molecular flexibility index (Phi) is 3.98. The maximum absolute atomic E-state index is 8.08. The van der Waals surface area contributed by atoms with Crippen LogP contribution < -0.4 is 0 Å². The van der Waals surface area contributed by atoms with Gasteiger partial charge in [-0.15, -0.1) is 0 Å². The Morgan fingerprint density at radius 2 is 2.14 bits per heavy atom. The standard InChI is InChI=1S/C3H6O2.CH4O/c4-1-3-2-5-3;1-2/h3-4H,1-2H2;2H,1H3. The summed E-state index contributed by atoms with van der Waals surface area (Å²) in [6.07, 6.45) is 0.190. The van der Waals surface area contributed by atoms with Gasteiger partial charge in [-0.25, -0.2) is 0 Å². The molecule has 3 heteroatoms. The maximum atomic E-state index is 8.08. The van der Waals surface area contributed by atoms with Crippen LogP contribution >= 0.6 is 0 Å². The Morgan fingerprint density at radius 3 is 2.14 bits per heavy atom. The molecule has 1 rings (SSSR count). The van der Waals surface area contributed by atoms with E-state index < -0.39 is 0 Å². The molecule has 0 saturated carbocycles. The molecule has 0 aromatic heterocycles. The molecule has 0 amide bonds. The fourth-order valence-electron chi connectivity index (χ4n) is 0.173. The minimum Gasteiger partial charge on any atom is -0.400 e. The van der Waals surface area contributed by atoms with E-state index in [1.807, 2.05) is 0 Å². The molecule has 1 fully saturated rings. The van der Waals surface area contributed by atoms with Crippen LogP contribution in [-0.2, 0) is 4.74 Å². The lowest BCUT2D eigenvalue weighted by Gasteiger charge is -1.70. The molecule has 7 heavy (non-hydrogen) atoms. The molecule has 44 valence electrons. The number of aliphatic hydroxyl groups excluding tert-OH is 2. The van der Waals surface area contributed by atoms with Gasteiger partial charge in [0, 0.05) is 7.11 Å². The van der Waals surface area contributed by atoms with Crippen LogP contribution in [0, 0.1) is 0 Å². The first kappa shape index (κ1) is 6.88. The molecule has 1 saturated heterocycles. The van der Waals surface area contributed by atoms with Gasteiger partial charge in [-0.3, -0.25) is 0 Å². The van der Waals surface area contributed by atoms with E-state index in [1.165, 1.54) is 0 Å². The molecule has 0 spiro atoms. The van der Waals surface area contributed by atoms with E-state index in [4.69, 9.17) is 10.2 Å². The quantitative estimate of drug-likeness (QED) is 0.421. The minimum absolute atomic E-state index is 0.190. The van der Waals surface area contributed by atoms with Crippen molar-refractivity contribution < 1.29 is 14.9 Å². The number of epoxide rings is 1. The van der Waals surface area contributed by atoms with Crippen molar-refractivity contribution in [1.82, 2.24) is 0 Å². The third-order valence-electron chi connectivity index (χ3n) is 0.606. The van der Waals surface area contributed by atoms with Crippen molar-refractivity contribution in [2.45, 2.75) is 6.10 Å². The highest BCUT2D eigenvalue weighted by atomic mass is 16.6. The number of aliphatic hydroxyl groups is 2. The van der Waals surface area contributed by atoms with Gasteiger partial charge in [0.2, 0.25) is 0 Å². The zero-order chi connectivity index (χ0) is 5.70. The highest BCUT2D eigenvalue weighted by Gasteiger charge is 2.19. The second kappa shape index (κ2) is 4.05. The summed E-state index contributed by atoms with van der Waals surface area (Å²) < 4.78 is 4.61. The topological polar surface area (TPSA) is 53.0 Å². The van der Waals surface area contributed by atoms with E-state index in [0.717, 1.165) is 13.7 Å². The van der Waals surface area contributed by atoms with Crippen LogP contribution in [0.1, 0.15) is 0 Å². The molecule has 1 aliphatic rings. The van der Waals surface area contributed by atoms with Gasteiger partial charge in [-0.05, 0) is 0 Å². The molecule has 1 unspecified atom stereocenters. The molecule has 0 radical (unpaired) electrons. The second-order valence-corrected chi connectivity index (χ2v) is 1.14. The summed E-state index contributed by atoms with van der Waals surface area (Å²) in [6, 6.07) is 0. The van der Waals surface area contributed by atoms with Crippen molar-refractivity contribution in [2.75, 3.05) is 20.3 Å². The second-order valence-electron chi connectivity index (χ2n) is 1.14. The van der Waals surface area contributed by atoms with Crippen LogP contribution in [0.4, 0.5) is 0 Å². The molecule has 3 nitrogen and oxygen atoms in total. The molecule has 0 aromatic rings.